The highest BCUT2D eigenvalue weighted by atomic mass is 16.4. The Hall–Kier alpha value is -1.10. The normalized spacial score (nSPS) is 27.4. The van der Waals surface area contributed by atoms with E-state index in [9.17, 15) is 9.59 Å². The standard InChI is InChI=1S/C9H14N2O3/c12-8(6-4-10-5-6)11-3-1-2-7(11)9(13)14/h6-7,10H,1-5H2,(H,13,14). The maximum atomic E-state index is 11.8. The van der Waals surface area contributed by atoms with Crippen LogP contribution in [0.1, 0.15) is 12.8 Å². The minimum Gasteiger partial charge on any atom is -0.480 e. The van der Waals surface area contributed by atoms with E-state index >= 15 is 0 Å². The third-order valence-corrected chi connectivity index (χ3v) is 2.95. The van der Waals surface area contributed by atoms with Crippen LogP contribution in [0.15, 0.2) is 0 Å². The smallest absolute Gasteiger partial charge is 0.326 e. The monoisotopic (exact) mass is 198 g/mol. The summed E-state index contributed by atoms with van der Waals surface area (Å²) in [5.74, 6) is -0.855. The topological polar surface area (TPSA) is 69.6 Å². The number of carboxylic acids is 1. The maximum absolute atomic E-state index is 11.8. The molecule has 1 atom stereocenters. The molecule has 0 radical (unpaired) electrons. The van der Waals surface area contributed by atoms with E-state index < -0.39 is 12.0 Å². The van der Waals surface area contributed by atoms with Crippen LogP contribution in [0.2, 0.25) is 0 Å². The molecule has 5 nitrogen and oxygen atoms in total. The first kappa shape index (κ1) is 9.45. The highest BCUT2D eigenvalue weighted by Crippen LogP contribution is 2.21. The summed E-state index contributed by atoms with van der Waals surface area (Å²) in [5, 5.41) is 11.9. The molecule has 78 valence electrons. The fraction of sp³-hybridized carbons (Fsp3) is 0.778. The molecule has 5 heteroatoms. The van der Waals surface area contributed by atoms with Gasteiger partial charge in [0.1, 0.15) is 6.04 Å². The quantitative estimate of drug-likeness (QED) is 0.614. The molecule has 14 heavy (non-hydrogen) atoms. The fourth-order valence-electron chi connectivity index (χ4n) is 1.99. The lowest BCUT2D eigenvalue weighted by molar-refractivity contribution is -0.150. The third kappa shape index (κ3) is 1.48. The summed E-state index contributed by atoms with van der Waals surface area (Å²) in [6, 6.07) is -0.580. The Labute approximate surface area is 82.1 Å². The highest BCUT2D eigenvalue weighted by Gasteiger charge is 2.38. The van der Waals surface area contributed by atoms with Gasteiger partial charge in [-0.2, -0.15) is 0 Å². The molecule has 0 aromatic rings. The molecule has 2 fully saturated rings. The van der Waals surface area contributed by atoms with Crippen molar-refractivity contribution in [2.75, 3.05) is 19.6 Å². The summed E-state index contributed by atoms with van der Waals surface area (Å²) >= 11 is 0. The highest BCUT2D eigenvalue weighted by molar-refractivity contribution is 5.86. The molecular formula is C9H14N2O3. The Morgan fingerprint density at radius 2 is 2.07 bits per heavy atom. The number of hydrogen-bond donors (Lipinski definition) is 2. The molecule has 2 rings (SSSR count). The van der Waals surface area contributed by atoms with Crippen LogP contribution in [-0.4, -0.2) is 47.6 Å². The minimum atomic E-state index is -0.872. The Bertz CT molecular complexity index is 263. The van der Waals surface area contributed by atoms with E-state index in [4.69, 9.17) is 5.11 Å². The van der Waals surface area contributed by atoms with Crippen LogP contribution in [0, 0.1) is 5.92 Å². The van der Waals surface area contributed by atoms with Crippen LogP contribution in [-0.2, 0) is 9.59 Å². The average Bonchev–Trinajstić information content (AvgIpc) is 2.47. The second kappa shape index (κ2) is 3.57. The first-order chi connectivity index (χ1) is 6.70. The molecule has 2 N–H and O–H groups in total. The van der Waals surface area contributed by atoms with E-state index in [1.54, 1.807) is 0 Å². The molecule has 1 unspecified atom stereocenters. The largest absolute Gasteiger partial charge is 0.480 e. The number of aliphatic carboxylic acids is 1. The Morgan fingerprint density at radius 3 is 2.57 bits per heavy atom. The number of likely N-dealkylation sites (tertiary alicyclic amines) is 1. The molecule has 0 bridgehead atoms. The van der Waals surface area contributed by atoms with E-state index in [1.165, 1.54) is 4.90 Å². The Morgan fingerprint density at radius 1 is 1.36 bits per heavy atom. The summed E-state index contributed by atoms with van der Waals surface area (Å²) in [6.07, 6.45) is 1.41. The summed E-state index contributed by atoms with van der Waals surface area (Å²) in [6.45, 7) is 2.00. The summed E-state index contributed by atoms with van der Waals surface area (Å²) in [5.41, 5.74) is 0. The molecule has 1 amide bonds. The van der Waals surface area contributed by atoms with Gasteiger partial charge in [-0.05, 0) is 12.8 Å². The summed E-state index contributed by atoms with van der Waals surface area (Å²) in [7, 11) is 0. The molecule has 0 spiro atoms. The second-order valence-corrected chi connectivity index (χ2v) is 3.88. The van der Waals surface area contributed by atoms with E-state index in [0.717, 1.165) is 6.42 Å². The van der Waals surface area contributed by atoms with Gasteiger partial charge in [0.15, 0.2) is 0 Å². The van der Waals surface area contributed by atoms with Gasteiger partial charge in [-0.15, -0.1) is 0 Å². The van der Waals surface area contributed by atoms with E-state index in [1.807, 2.05) is 0 Å². The third-order valence-electron chi connectivity index (χ3n) is 2.95. The number of carboxylic acid groups (broad SMARTS) is 1. The predicted molar refractivity (Wildman–Crippen MR) is 48.7 cm³/mol. The van der Waals surface area contributed by atoms with Gasteiger partial charge in [0, 0.05) is 19.6 Å². The number of rotatable bonds is 2. The Kier molecular flexibility index (Phi) is 2.41. The van der Waals surface area contributed by atoms with Gasteiger partial charge in [0.05, 0.1) is 5.92 Å². The molecule has 0 saturated carbocycles. The first-order valence-corrected chi connectivity index (χ1v) is 4.94. The van der Waals surface area contributed by atoms with Gasteiger partial charge in [-0.3, -0.25) is 4.79 Å². The number of carbonyl (C=O) groups is 2. The van der Waals surface area contributed by atoms with Gasteiger partial charge in [-0.25, -0.2) is 4.79 Å². The molecule has 0 aromatic carbocycles. The lowest BCUT2D eigenvalue weighted by Gasteiger charge is -2.32. The van der Waals surface area contributed by atoms with Crippen molar-refractivity contribution in [2.45, 2.75) is 18.9 Å². The van der Waals surface area contributed by atoms with Gasteiger partial charge < -0.3 is 15.3 Å². The fourth-order valence-corrected chi connectivity index (χ4v) is 1.99. The lowest BCUT2D eigenvalue weighted by atomic mass is 10.0. The molecular weight excluding hydrogens is 184 g/mol. The molecule has 2 heterocycles. The first-order valence-electron chi connectivity index (χ1n) is 4.94. The van der Waals surface area contributed by atoms with E-state index in [0.29, 0.717) is 26.1 Å². The van der Waals surface area contributed by atoms with Crippen molar-refractivity contribution in [2.24, 2.45) is 5.92 Å². The van der Waals surface area contributed by atoms with Crippen molar-refractivity contribution in [1.82, 2.24) is 10.2 Å². The number of amides is 1. The van der Waals surface area contributed by atoms with Crippen LogP contribution in [0.3, 0.4) is 0 Å². The molecule has 2 aliphatic rings. The van der Waals surface area contributed by atoms with Crippen molar-refractivity contribution in [3.05, 3.63) is 0 Å². The van der Waals surface area contributed by atoms with Crippen molar-refractivity contribution < 1.29 is 14.7 Å². The molecule has 0 aliphatic carbocycles. The maximum Gasteiger partial charge on any atom is 0.326 e. The van der Waals surface area contributed by atoms with Crippen molar-refractivity contribution in [3.8, 4) is 0 Å². The number of nitrogens with zero attached hydrogens (tertiary/aromatic N) is 1. The van der Waals surface area contributed by atoms with Crippen LogP contribution in [0.4, 0.5) is 0 Å². The zero-order chi connectivity index (χ0) is 10.1. The number of carbonyl (C=O) groups excluding carboxylic acids is 1. The zero-order valence-corrected chi connectivity index (χ0v) is 7.90. The van der Waals surface area contributed by atoms with Crippen LogP contribution in [0.5, 0.6) is 0 Å². The summed E-state index contributed by atoms with van der Waals surface area (Å²) in [4.78, 5) is 24.1. The van der Waals surface area contributed by atoms with E-state index in [2.05, 4.69) is 5.32 Å². The van der Waals surface area contributed by atoms with Crippen molar-refractivity contribution in [1.29, 1.82) is 0 Å². The number of hydrogen-bond acceptors (Lipinski definition) is 3. The second-order valence-electron chi connectivity index (χ2n) is 3.88. The predicted octanol–water partition coefficient (Wildman–Crippen LogP) is -0.719. The minimum absolute atomic E-state index is 0.00801. The van der Waals surface area contributed by atoms with Gasteiger partial charge in [0.2, 0.25) is 5.91 Å². The SMILES string of the molecule is O=C(O)C1CCCN1C(=O)C1CNC1. The number of nitrogens with one attached hydrogen (secondary N) is 1. The average molecular weight is 198 g/mol. The summed E-state index contributed by atoms with van der Waals surface area (Å²) < 4.78 is 0. The van der Waals surface area contributed by atoms with Gasteiger partial charge in [0.25, 0.3) is 0 Å². The van der Waals surface area contributed by atoms with Crippen LogP contribution in [0.25, 0.3) is 0 Å². The van der Waals surface area contributed by atoms with E-state index in [-0.39, 0.29) is 11.8 Å². The Balaban J connectivity index is 2.01. The zero-order valence-electron chi connectivity index (χ0n) is 7.90. The van der Waals surface area contributed by atoms with Gasteiger partial charge in [-0.1, -0.05) is 0 Å². The molecule has 2 saturated heterocycles. The van der Waals surface area contributed by atoms with Crippen molar-refractivity contribution in [3.63, 3.8) is 0 Å². The molecule has 0 aromatic heterocycles. The van der Waals surface area contributed by atoms with Crippen molar-refractivity contribution >= 4 is 11.9 Å². The van der Waals surface area contributed by atoms with Crippen LogP contribution >= 0.6 is 0 Å². The van der Waals surface area contributed by atoms with Gasteiger partial charge >= 0.3 is 5.97 Å². The lowest BCUT2D eigenvalue weighted by Crippen LogP contribution is -2.54. The molecule has 2 aliphatic heterocycles. The van der Waals surface area contributed by atoms with Crippen LogP contribution < -0.4 is 5.32 Å².